The van der Waals surface area contributed by atoms with Crippen LogP contribution in [-0.4, -0.2) is 12.5 Å². The molecule has 1 aromatic rings. The second-order valence-corrected chi connectivity index (χ2v) is 4.23. The van der Waals surface area contributed by atoms with Gasteiger partial charge in [-0.05, 0) is 12.0 Å². The maximum Gasteiger partial charge on any atom is 0.299 e. The zero-order chi connectivity index (χ0) is 12.8. The van der Waals surface area contributed by atoms with Crippen molar-refractivity contribution in [2.45, 2.75) is 26.2 Å². The molecule has 18 heavy (non-hydrogen) atoms. The first kappa shape index (κ1) is 12.5. The van der Waals surface area contributed by atoms with Crippen LogP contribution >= 0.6 is 0 Å². The number of benzene rings is 1. The zero-order valence-electron chi connectivity index (χ0n) is 10.5. The van der Waals surface area contributed by atoms with Crippen LogP contribution in [0.5, 0.6) is 0 Å². The molecule has 0 saturated heterocycles. The number of amides is 1. The van der Waals surface area contributed by atoms with Crippen LogP contribution in [-0.2, 0) is 4.79 Å². The predicted octanol–water partition coefficient (Wildman–Crippen LogP) is 3.13. The molecule has 0 aliphatic carbocycles. The van der Waals surface area contributed by atoms with Crippen LogP contribution in [0.2, 0.25) is 0 Å². The lowest BCUT2D eigenvalue weighted by molar-refractivity contribution is -0.112. The highest BCUT2D eigenvalue weighted by atomic mass is 16.2. The van der Waals surface area contributed by atoms with E-state index >= 15 is 0 Å². The van der Waals surface area contributed by atoms with Crippen molar-refractivity contribution in [1.82, 2.24) is 5.32 Å². The number of hydrogen-bond acceptors (Lipinski definition) is 3. The van der Waals surface area contributed by atoms with Crippen molar-refractivity contribution in [2.24, 2.45) is 10.2 Å². The quantitative estimate of drug-likeness (QED) is 0.780. The smallest absolute Gasteiger partial charge is 0.299 e. The molecule has 4 heteroatoms. The highest BCUT2D eigenvalue weighted by Gasteiger charge is 2.22. The molecular weight excluding hydrogens is 226 g/mol. The third-order valence-electron chi connectivity index (χ3n) is 2.83. The van der Waals surface area contributed by atoms with Crippen LogP contribution in [0.4, 0.5) is 0 Å². The molecule has 1 aliphatic rings. The van der Waals surface area contributed by atoms with Crippen LogP contribution in [0.15, 0.2) is 46.4 Å². The van der Waals surface area contributed by atoms with Crippen molar-refractivity contribution < 1.29 is 4.79 Å². The van der Waals surface area contributed by atoms with Gasteiger partial charge in [-0.3, -0.25) is 4.79 Å². The number of rotatable bonds is 6. The Hall–Kier alpha value is -1.97. The number of carbonyl (C=O) groups excluding carboxylic acids is 1. The first-order valence-electron chi connectivity index (χ1n) is 6.32. The molecule has 2 rings (SSSR count). The van der Waals surface area contributed by atoms with E-state index in [0.717, 1.165) is 18.5 Å². The van der Waals surface area contributed by atoms with Crippen LogP contribution < -0.4 is 5.32 Å². The maximum atomic E-state index is 11.7. The average Bonchev–Trinajstić information content (AvgIpc) is 2.77. The molecule has 1 amide bonds. The van der Waals surface area contributed by atoms with Crippen LogP contribution in [0, 0.1) is 0 Å². The number of hydrogen-bond donors (Lipinski definition) is 1. The number of carbonyl (C=O) groups is 1. The molecule has 0 atom stereocenters. The molecule has 0 radical (unpaired) electrons. The fourth-order valence-electron chi connectivity index (χ4n) is 1.87. The summed E-state index contributed by atoms with van der Waals surface area (Å²) in [7, 11) is 0. The lowest BCUT2D eigenvalue weighted by Gasteiger charge is -2.06. The highest BCUT2D eigenvalue weighted by molar-refractivity contribution is 6.21. The van der Waals surface area contributed by atoms with Gasteiger partial charge in [-0.1, -0.05) is 50.1 Å². The topological polar surface area (TPSA) is 53.8 Å². The van der Waals surface area contributed by atoms with E-state index in [-0.39, 0.29) is 5.91 Å². The molecule has 0 aromatic heterocycles. The monoisotopic (exact) mass is 243 g/mol. The molecule has 0 fully saturated rings. The standard InChI is InChI=1S/C14H17N3O/c1-2-3-7-10-15-13-12(14(18)17-16-13)11-8-5-4-6-9-11/h4-6,8-9,15H,2-3,7,10H2,1H3. The summed E-state index contributed by atoms with van der Waals surface area (Å²) in [6, 6.07) is 9.53. The van der Waals surface area contributed by atoms with E-state index < -0.39 is 0 Å². The van der Waals surface area contributed by atoms with Gasteiger partial charge in [0.05, 0.1) is 5.57 Å². The van der Waals surface area contributed by atoms with Gasteiger partial charge in [-0.2, -0.15) is 0 Å². The van der Waals surface area contributed by atoms with Gasteiger partial charge >= 0.3 is 0 Å². The highest BCUT2D eigenvalue weighted by Crippen LogP contribution is 2.24. The minimum atomic E-state index is -0.265. The third-order valence-corrected chi connectivity index (χ3v) is 2.83. The number of azo groups is 1. The first-order valence-corrected chi connectivity index (χ1v) is 6.32. The summed E-state index contributed by atoms with van der Waals surface area (Å²) >= 11 is 0. The van der Waals surface area contributed by atoms with E-state index in [1.54, 1.807) is 0 Å². The maximum absolute atomic E-state index is 11.7. The molecule has 0 saturated carbocycles. The summed E-state index contributed by atoms with van der Waals surface area (Å²) in [6.07, 6.45) is 3.42. The van der Waals surface area contributed by atoms with Crippen molar-refractivity contribution in [3.63, 3.8) is 0 Å². The fourth-order valence-corrected chi connectivity index (χ4v) is 1.87. The van der Waals surface area contributed by atoms with Gasteiger partial charge in [0.2, 0.25) is 0 Å². The van der Waals surface area contributed by atoms with Gasteiger partial charge in [-0.25, -0.2) is 0 Å². The second kappa shape index (κ2) is 6.10. The molecule has 0 unspecified atom stereocenters. The van der Waals surface area contributed by atoms with Crippen LogP contribution in [0.1, 0.15) is 31.7 Å². The largest absolute Gasteiger partial charge is 0.368 e. The van der Waals surface area contributed by atoms with Crippen molar-refractivity contribution >= 4 is 11.5 Å². The lowest BCUT2D eigenvalue weighted by atomic mass is 10.1. The summed E-state index contributed by atoms with van der Waals surface area (Å²) in [4.78, 5) is 11.7. The Morgan fingerprint density at radius 2 is 1.89 bits per heavy atom. The zero-order valence-corrected chi connectivity index (χ0v) is 10.5. The van der Waals surface area contributed by atoms with E-state index in [4.69, 9.17) is 0 Å². The summed E-state index contributed by atoms with van der Waals surface area (Å²) in [5, 5.41) is 10.7. The third kappa shape index (κ3) is 2.83. The minimum Gasteiger partial charge on any atom is -0.368 e. The average molecular weight is 243 g/mol. The Labute approximate surface area is 107 Å². The minimum absolute atomic E-state index is 0.265. The van der Waals surface area contributed by atoms with E-state index in [1.165, 1.54) is 12.8 Å². The molecule has 0 spiro atoms. The van der Waals surface area contributed by atoms with E-state index in [0.29, 0.717) is 11.4 Å². The Kier molecular flexibility index (Phi) is 4.23. The predicted molar refractivity (Wildman–Crippen MR) is 70.8 cm³/mol. The van der Waals surface area contributed by atoms with Crippen molar-refractivity contribution in [2.75, 3.05) is 6.54 Å². The summed E-state index contributed by atoms with van der Waals surface area (Å²) < 4.78 is 0. The summed E-state index contributed by atoms with van der Waals surface area (Å²) in [5.74, 6) is 0.335. The van der Waals surface area contributed by atoms with Crippen molar-refractivity contribution in [3.05, 3.63) is 41.7 Å². The number of nitrogens with zero attached hydrogens (tertiary/aromatic N) is 2. The van der Waals surface area contributed by atoms with Gasteiger partial charge in [0, 0.05) is 6.54 Å². The van der Waals surface area contributed by atoms with Crippen LogP contribution in [0.25, 0.3) is 5.57 Å². The molecule has 1 aliphatic heterocycles. The Bertz CT molecular complexity index is 477. The number of nitrogens with one attached hydrogen (secondary N) is 1. The van der Waals surface area contributed by atoms with Gasteiger partial charge < -0.3 is 5.32 Å². The molecule has 0 bridgehead atoms. The molecule has 1 heterocycles. The van der Waals surface area contributed by atoms with E-state index in [2.05, 4.69) is 22.5 Å². The van der Waals surface area contributed by atoms with Crippen LogP contribution in [0.3, 0.4) is 0 Å². The fraction of sp³-hybridized carbons (Fsp3) is 0.357. The number of unbranched alkanes of at least 4 members (excludes halogenated alkanes) is 2. The van der Waals surface area contributed by atoms with E-state index in [1.807, 2.05) is 30.3 Å². The van der Waals surface area contributed by atoms with Gasteiger partial charge in [0.25, 0.3) is 5.91 Å². The molecule has 1 N–H and O–H groups in total. The van der Waals surface area contributed by atoms with Crippen molar-refractivity contribution in [1.29, 1.82) is 0 Å². The summed E-state index contributed by atoms with van der Waals surface area (Å²) in [5.41, 5.74) is 1.44. The lowest BCUT2D eigenvalue weighted by Crippen LogP contribution is -2.14. The molecular formula is C14H17N3O. The SMILES string of the molecule is CCCCCNC1=C(c2ccccc2)C(=O)N=N1. The first-order chi connectivity index (χ1) is 8.83. The van der Waals surface area contributed by atoms with Crippen molar-refractivity contribution in [3.8, 4) is 0 Å². The Morgan fingerprint density at radius 3 is 2.61 bits per heavy atom. The molecule has 4 nitrogen and oxygen atoms in total. The summed E-state index contributed by atoms with van der Waals surface area (Å²) in [6.45, 7) is 2.99. The van der Waals surface area contributed by atoms with Gasteiger partial charge in [-0.15, -0.1) is 10.2 Å². The second-order valence-electron chi connectivity index (χ2n) is 4.23. The van der Waals surface area contributed by atoms with E-state index in [9.17, 15) is 4.79 Å². The van der Waals surface area contributed by atoms with Gasteiger partial charge in [0.1, 0.15) is 0 Å². The van der Waals surface area contributed by atoms with Gasteiger partial charge in [0.15, 0.2) is 5.82 Å². The molecule has 1 aromatic carbocycles. The normalized spacial score (nSPS) is 14.4. The Morgan fingerprint density at radius 1 is 1.11 bits per heavy atom. The Balaban J connectivity index is 2.11. The molecule has 94 valence electrons.